The molecule has 0 spiro atoms. The van der Waals surface area contributed by atoms with Crippen molar-refractivity contribution in [3.8, 4) is 11.3 Å². The number of hydrogen-bond acceptors (Lipinski definition) is 4. The van der Waals surface area contributed by atoms with Crippen LogP contribution in [0.3, 0.4) is 0 Å². The van der Waals surface area contributed by atoms with Crippen molar-refractivity contribution >= 4 is 27.5 Å². The zero-order valence-corrected chi connectivity index (χ0v) is 12.2. The van der Waals surface area contributed by atoms with E-state index in [9.17, 15) is 4.79 Å². The van der Waals surface area contributed by atoms with Crippen molar-refractivity contribution in [1.29, 1.82) is 0 Å². The molecule has 0 amide bonds. The Labute approximate surface area is 124 Å². The highest BCUT2D eigenvalue weighted by molar-refractivity contribution is 7.18. The van der Waals surface area contributed by atoms with Crippen LogP contribution in [-0.2, 0) is 7.05 Å². The smallest absolute Gasteiger partial charge is 0.356 e. The van der Waals surface area contributed by atoms with E-state index in [2.05, 4.69) is 11.2 Å². The Morgan fingerprint density at radius 1 is 1.38 bits per heavy atom. The molecule has 5 nitrogen and oxygen atoms in total. The number of rotatable bonds is 3. The molecule has 6 heteroatoms. The summed E-state index contributed by atoms with van der Waals surface area (Å²) < 4.78 is 2.78. The number of hydrogen-bond donors (Lipinski definition) is 1. The molecule has 1 aliphatic rings. The third-order valence-electron chi connectivity index (χ3n) is 3.73. The Bertz CT molecular complexity index is 861. The van der Waals surface area contributed by atoms with Crippen LogP contribution in [0.2, 0.25) is 0 Å². The predicted molar refractivity (Wildman–Crippen MR) is 80.8 cm³/mol. The fourth-order valence-electron chi connectivity index (χ4n) is 2.45. The van der Waals surface area contributed by atoms with E-state index >= 15 is 0 Å². The third-order valence-corrected chi connectivity index (χ3v) is 4.92. The summed E-state index contributed by atoms with van der Waals surface area (Å²) in [5.74, 6) is -0.358. The van der Waals surface area contributed by atoms with Crippen LogP contribution in [-0.4, -0.2) is 25.8 Å². The van der Waals surface area contributed by atoms with E-state index in [-0.39, 0.29) is 5.69 Å². The average molecular weight is 299 g/mol. The van der Waals surface area contributed by atoms with E-state index in [0.29, 0.717) is 5.92 Å². The first-order valence-corrected chi connectivity index (χ1v) is 7.61. The first-order valence-electron chi connectivity index (χ1n) is 6.80. The van der Waals surface area contributed by atoms with Gasteiger partial charge in [-0.05, 0) is 31.0 Å². The van der Waals surface area contributed by atoms with Gasteiger partial charge in [0.1, 0.15) is 0 Å². The number of thiazole rings is 1. The van der Waals surface area contributed by atoms with Crippen LogP contribution in [0.5, 0.6) is 0 Å². The molecular weight excluding hydrogens is 286 g/mol. The van der Waals surface area contributed by atoms with Gasteiger partial charge in [-0.1, -0.05) is 6.07 Å². The molecule has 3 aromatic rings. The summed E-state index contributed by atoms with van der Waals surface area (Å²) in [6.07, 6.45) is 2.49. The second-order valence-electron chi connectivity index (χ2n) is 5.35. The third kappa shape index (κ3) is 2.12. The minimum Gasteiger partial charge on any atom is -0.476 e. The highest BCUT2D eigenvalue weighted by Gasteiger charge is 2.27. The number of fused-ring (bicyclic) bond motifs is 1. The van der Waals surface area contributed by atoms with E-state index in [0.717, 1.165) is 16.8 Å². The quantitative estimate of drug-likeness (QED) is 0.806. The molecular formula is C15H13N3O2S. The minimum atomic E-state index is -1.01. The zero-order chi connectivity index (χ0) is 14.6. The Kier molecular flexibility index (Phi) is 2.62. The Morgan fingerprint density at radius 2 is 2.19 bits per heavy atom. The fraction of sp³-hybridized carbons (Fsp3) is 0.267. The summed E-state index contributed by atoms with van der Waals surface area (Å²) >= 11 is 1.76. The molecule has 1 aromatic carbocycles. The topological polar surface area (TPSA) is 68.0 Å². The number of nitrogens with zero attached hydrogens (tertiary/aromatic N) is 3. The molecule has 21 heavy (non-hydrogen) atoms. The number of benzene rings is 1. The van der Waals surface area contributed by atoms with Crippen molar-refractivity contribution in [3.63, 3.8) is 0 Å². The highest BCUT2D eigenvalue weighted by Crippen LogP contribution is 2.43. The SMILES string of the molecule is Cn1nc(C(=O)O)cc1-c1ccc2sc(C3CC3)nc2c1. The normalized spacial score (nSPS) is 14.7. The molecule has 4 rings (SSSR count). The molecule has 2 heterocycles. The van der Waals surface area contributed by atoms with E-state index in [1.54, 1.807) is 29.1 Å². The lowest BCUT2D eigenvalue weighted by atomic mass is 10.1. The van der Waals surface area contributed by atoms with Gasteiger partial charge in [0, 0.05) is 18.5 Å². The van der Waals surface area contributed by atoms with Gasteiger partial charge in [-0.2, -0.15) is 5.10 Å². The lowest BCUT2D eigenvalue weighted by Crippen LogP contribution is -1.99. The maximum absolute atomic E-state index is 11.0. The van der Waals surface area contributed by atoms with Gasteiger partial charge >= 0.3 is 5.97 Å². The van der Waals surface area contributed by atoms with Gasteiger partial charge in [-0.25, -0.2) is 9.78 Å². The van der Waals surface area contributed by atoms with Crippen LogP contribution < -0.4 is 0 Å². The van der Waals surface area contributed by atoms with Gasteiger partial charge in [-0.3, -0.25) is 4.68 Å². The van der Waals surface area contributed by atoms with Crippen LogP contribution >= 0.6 is 11.3 Å². The summed E-state index contributed by atoms with van der Waals surface area (Å²) in [4.78, 5) is 15.7. The Balaban J connectivity index is 1.80. The standard InChI is InChI=1S/C15H13N3O2S/c1-18-12(7-11(17-18)15(19)20)9-4-5-13-10(6-9)16-14(21-13)8-2-3-8/h4-8H,2-3H2,1H3,(H,19,20). The molecule has 0 unspecified atom stereocenters. The lowest BCUT2D eigenvalue weighted by Gasteiger charge is -2.01. The Morgan fingerprint density at radius 3 is 2.86 bits per heavy atom. The molecule has 0 saturated heterocycles. The van der Waals surface area contributed by atoms with Gasteiger partial charge in [0.25, 0.3) is 0 Å². The molecule has 1 saturated carbocycles. The summed E-state index contributed by atoms with van der Waals surface area (Å²) in [5, 5.41) is 14.3. The zero-order valence-electron chi connectivity index (χ0n) is 11.4. The van der Waals surface area contributed by atoms with Crippen LogP contribution in [0, 0.1) is 0 Å². The molecule has 1 N–H and O–H groups in total. The summed E-state index contributed by atoms with van der Waals surface area (Å²) in [6, 6.07) is 7.67. The van der Waals surface area contributed by atoms with Crippen molar-refractivity contribution in [2.75, 3.05) is 0 Å². The second-order valence-corrected chi connectivity index (χ2v) is 6.41. The van der Waals surface area contributed by atoms with E-state index in [1.807, 2.05) is 12.1 Å². The number of aromatic carboxylic acids is 1. The minimum absolute atomic E-state index is 0.0598. The number of aromatic nitrogens is 3. The number of carboxylic acid groups (broad SMARTS) is 1. The highest BCUT2D eigenvalue weighted by atomic mass is 32.1. The number of carbonyl (C=O) groups is 1. The lowest BCUT2D eigenvalue weighted by molar-refractivity contribution is 0.0689. The molecule has 1 aliphatic carbocycles. The largest absolute Gasteiger partial charge is 0.476 e. The van der Waals surface area contributed by atoms with Crippen LogP contribution in [0.15, 0.2) is 24.3 Å². The fourth-order valence-corrected chi connectivity index (χ4v) is 3.57. The van der Waals surface area contributed by atoms with E-state index in [1.165, 1.54) is 22.5 Å². The number of aryl methyl sites for hydroxylation is 1. The summed E-state index contributed by atoms with van der Waals surface area (Å²) in [6.45, 7) is 0. The van der Waals surface area contributed by atoms with Gasteiger partial charge in [0.2, 0.25) is 0 Å². The first-order chi connectivity index (χ1) is 10.1. The summed E-state index contributed by atoms with van der Waals surface area (Å²) in [7, 11) is 1.75. The van der Waals surface area contributed by atoms with Crippen molar-refractivity contribution in [2.24, 2.45) is 7.05 Å². The maximum atomic E-state index is 11.0. The van der Waals surface area contributed by atoms with Gasteiger partial charge in [-0.15, -0.1) is 11.3 Å². The molecule has 106 valence electrons. The first kappa shape index (κ1) is 12.5. The van der Waals surface area contributed by atoms with Crippen molar-refractivity contribution < 1.29 is 9.90 Å². The van der Waals surface area contributed by atoms with Gasteiger partial charge in [0.15, 0.2) is 5.69 Å². The van der Waals surface area contributed by atoms with Crippen LogP contribution in [0.4, 0.5) is 0 Å². The monoisotopic (exact) mass is 299 g/mol. The van der Waals surface area contributed by atoms with Gasteiger partial charge in [0.05, 0.1) is 20.9 Å². The van der Waals surface area contributed by atoms with Crippen LogP contribution in [0.25, 0.3) is 21.5 Å². The van der Waals surface area contributed by atoms with Crippen molar-refractivity contribution in [2.45, 2.75) is 18.8 Å². The predicted octanol–water partition coefficient (Wildman–Crippen LogP) is 3.27. The van der Waals surface area contributed by atoms with Crippen LogP contribution in [0.1, 0.15) is 34.3 Å². The van der Waals surface area contributed by atoms with Gasteiger partial charge < -0.3 is 5.11 Å². The molecule has 0 atom stereocenters. The molecule has 2 aromatic heterocycles. The second kappa shape index (κ2) is 4.39. The molecule has 0 radical (unpaired) electrons. The van der Waals surface area contributed by atoms with E-state index < -0.39 is 5.97 Å². The maximum Gasteiger partial charge on any atom is 0.356 e. The average Bonchev–Trinajstić information content (AvgIpc) is 3.10. The Hall–Kier alpha value is -2.21. The van der Waals surface area contributed by atoms with Crippen molar-refractivity contribution in [1.82, 2.24) is 14.8 Å². The van der Waals surface area contributed by atoms with E-state index in [4.69, 9.17) is 10.1 Å². The molecule has 1 fully saturated rings. The molecule has 0 aliphatic heterocycles. The summed E-state index contributed by atoms with van der Waals surface area (Å²) in [5.41, 5.74) is 2.77. The number of carboxylic acids is 1. The van der Waals surface area contributed by atoms with Crippen molar-refractivity contribution in [3.05, 3.63) is 35.0 Å². The molecule has 0 bridgehead atoms.